The van der Waals surface area contributed by atoms with E-state index in [2.05, 4.69) is 4.90 Å². The average molecular weight is 312 g/mol. The molecule has 4 nitrogen and oxygen atoms in total. The highest BCUT2D eigenvalue weighted by Crippen LogP contribution is 2.33. The highest BCUT2D eigenvalue weighted by Gasteiger charge is 2.18. The van der Waals surface area contributed by atoms with Crippen molar-refractivity contribution in [2.45, 2.75) is 25.7 Å². The van der Waals surface area contributed by atoms with Crippen molar-refractivity contribution in [2.75, 3.05) is 33.9 Å². The SMILES string of the molecule is COc1cc(OC)c(C(=O)CCN2CCCCC2)cc1Cl. The van der Waals surface area contributed by atoms with Crippen LogP contribution < -0.4 is 9.47 Å². The number of benzene rings is 1. The molecule has 0 unspecified atom stereocenters. The van der Waals surface area contributed by atoms with Gasteiger partial charge in [-0.1, -0.05) is 18.0 Å². The molecular formula is C16H22ClNO3. The molecule has 0 atom stereocenters. The maximum atomic E-state index is 12.4. The first-order chi connectivity index (χ1) is 10.2. The molecule has 0 saturated carbocycles. The summed E-state index contributed by atoms with van der Waals surface area (Å²) in [6, 6.07) is 3.30. The highest BCUT2D eigenvalue weighted by atomic mass is 35.5. The second-order valence-corrected chi connectivity index (χ2v) is 5.67. The summed E-state index contributed by atoms with van der Waals surface area (Å²) < 4.78 is 10.4. The van der Waals surface area contributed by atoms with E-state index in [0.29, 0.717) is 28.5 Å². The quantitative estimate of drug-likeness (QED) is 0.755. The zero-order chi connectivity index (χ0) is 15.2. The van der Waals surface area contributed by atoms with Gasteiger partial charge in [-0.2, -0.15) is 0 Å². The fraction of sp³-hybridized carbons (Fsp3) is 0.562. The van der Waals surface area contributed by atoms with Gasteiger partial charge >= 0.3 is 0 Å². The molecule has 1 aliphatic heterocycles. The van der Waals surface area contributed by atoms with Crippen molar-refractivity contribution >= 4 is 17.4 Å². The maximum Gasteiger partial charge on any atom is 0.167 e. The summed E-state index contributed by atoms with van der Waals surface area (Å²) in [7, 11) is 3.09. The van der Waals surface area contributed by atoms with Crippen LogP contribution in [0.4, 0.5) is 0 Å². The number of Topliss-reactive ketones (excluding diaryl/α,β-unsaturated/α-hetero) is 1. The molecule has 1 saturated heterocycles. The smallest absolute Gasteiger partial charge is 0.167 e. The molecular weight excluding hydrogens is 290 g/mol. The third-order valence-corrected chi connectivity index (χ3v) is 4.17. The number of hydrogen-bond donors (Lipinski definition) is 0. The number of hydrogen-bond acceptors (Lipinski definition) is 4. The van der Waals surface area contributed by atoms with Crippen LogP contribution in [-0.4, -0.2) is 44.5 Å². The van der Waals surface area contributed by atoms with Crippen molar-refractivity contribution < 1.29 is 14.3 Å². The van der Waals surface area contributed by atoms with Gasteiger partial charge in [0.1, 0.15) is 11.5 Å². The Balaban J connectivity index is 2.05. The van der Waals surface area contributed by atoms with Gasteiger partial charge in [0, 0.05) is 19.0 Å². The van der Waals surface area contributed by atoms with E-state index in [1.54, 1.807) is 26.4 Å². The molecule has 0 N–H and O–H groups in total. The molecule has 1 aromatic carbocycles. The maximum absolute atomic E-state index is 12.4. The number of methoxy groups -OCH3 is 2. The van der Waals surface area contributed by atoms with Crippen LogP contribution in [0.15, 0.2) is 12.1 Å². The first-order valence-electron chi connectivity index (χ1n) is 7.32. The Morgan fingerprint density at radius 2 is 1.81 bits per heavy atom. The first kappa shape index (κ1) is 16.1. The number of piperidine rings is 1. The standard InChI is InChI=1S/C16H22ClNO3/c1-20-15-11-16(21-2)13(17)10-12(15)14(19)6-9-18-7-4-3-5-8-18/h10-11H,3-9H2,1-2H3. The average Bonchev–Trinajstić information content (AvgIpc) is 2.53. The molecule has 0 bridgehead atoms. The van der Waals surface area contributed by atoms with E-state index in [1.165, 1.54) is 19.3 Å². The summed E-state index contributed by atoms with van der Waals surface area (Å²) >= 11 is 6.11. The van der Waals surface area contributed by atoms with Crippen LogP contribution in [0.25, 0.3) is 0 Å². The van der Waals surface area contributed by atoms with Crippen molar-refractivity contribution in [3.8, 4) is 11.5 Å². The lowest BCUT2D eigenvalue weighted by molar-refractivity contribution is 0.0955. The monoisotopic (exact) mass is 311 g/mol. The van der Waals surface area contributed by atoms with Crippen LogP contribution in [0, 0.1) is 0 Å². The lowest BCUT2D eigenvalue weighted by Crippen LogP contribution is -2.31. The van der Waals surface area contributed by atoms with Gasteiger partial charge in [-0.3, -0.25) is 4.79 Å². The van der Waals surface area contributed by atoms with E-state index in [1.807, 2.05) is 0 Å². The molecule has 0 aliphatic carbocycles. The molecule has 116 valence electrons. The van der Waals surface area contributed by atoms with Crippen LogP contribution in [-0.2, 0) is 0 Å². The third kappa shape index (κ3) is 4.11. The van der Waals surface area contributed by atoms with Gasteiger partial charge < -0.3 is 14.4 Å². The minimum absolute atomic E-state index is 0.0574. The van der Waals surface area contributed by atoms with Crippen molar-refractivity contribution in [3.63, 3.8) is 0 Å². The first-order valence-corrected chi connectivity index (χ1v) is 7.70. The zero-order valence-corrected chi connectivity index (χ0v) is 13.4. The predicted octanol–water partition coefficient (Wildman–Crippen LogP) is 3.42. The second-order valence-electron chi connectivity index (χ2n) is 5.26. The van der Waals surface area contributed by atoms with Gasteiger partial charge in [-0.25, -0.2) is 0 Å². The van der Waals surface area contributed by atoms with Crippen LogP contribution >= 0.6 is 11.6 Å². The molecule has 0 spiro atoms. The Kier molecular flexibility index (Phi) is 5.88. The van der Waals surface area contributed by atoms with Gasteiger partial charge in [0.05, 0.1) is 24.8 Å². The van der Waals surface area contributed by atoms with Crippen LogP contribution in [0.2, 0.25) is 5.02 Å². The Bertz CT molecular complexity index is 499. The normalized spacial score (nSPS) is 15.8. The number of halogens is 1. The lowest BCUT2D eigenvalue weighted by atomic mass is 10.1. The molecule has 0 aromatic heterocycles. The summed E-state index contributed by atoms with van der Waals surface area (Å²) in [6.45, 7) is 2.98. The molecule has 2 rings (SSSR count). The summed E-state index contributed by atoms with van der Waals surface area (Å²) in [5.41, 5.74) is 0.528. The van der Waals surface area contributed by atoms with Crippen LogP contribution in [0.3, 0.4) is 0 Å². The van der Waals surface area contributed by atoms with Crippen molar-refractivity contribution in [1.29, 1.82) is 0 Å². The Hall–Kier alpha value is -1.26. The zero-order valence-electron chi connectivity index (χ0n) is 12.7. The Labute approximate surface area is 131 Å². The largest absolute Gasteiger partial charge is 0.496 e. The summed E-state index contributed by atoms with van der Waals surface area (Å²) in [5, 5.41) is 0.430. The fourth-order valence-electron chi connectivity index (χ4n) is 2.66. The van der Waals surface area contributed by atoms with E-state index in [4.69, 9.17) is 21.1 Å². The predicted molar refractivity (Wildman–Crippen MR) is 83.8 cm³/mol. The number of ketones is 1. The summed E-state index contributed by atoms with van der Waals surface area (Å²) in [6.07, 6.45) is 4.24. The molecule has 0 amide bonds. The number of rotatable bonds is 6. The molecule has 1 aromatic rings. The minimum atomic E-state index is 0.0574. The van der Waals surface area contributed by atoms with Crippen molar-refractivity contribution in [1.82, 2.24) is 4.90 Å². The molecule has 1 fully saturated rings. The van der Waals surface area contributed by atoms with Gasteiger partial charge in [-0.15, -0.1) is 0 Å². The summed E-state index contributed by atoms with van der Waals surface area (Å²) in [4.78, 5) is 14.8. The van der Waals surface area contributed by atoms with E-state index < -0.39 is 0 Å². The number of carbonyl (C=O) groups is 1. The number of likely N-dealkylation sites (tertiary alicyclic amines) is 1. The van der Waals surface area contributed by atoms with Crippen molar-refractivity contribution in [3.05, 3.63) is 22.7 Å². The third-order valence-electron chi connectivity index (χ3n) is 3.88. The fourth-order valence-corrected chi connectivity index (χ4v) is 2.90. The van der Waals surface area contributed by atoms with Crippen LogP contribution in [0.5, 0.6) is 11.5 Å². The van der Waals surface area contributed by atoms with E-state index in [9.17, 15) is 4.79 Å². The Morgan fingerprint density at radius 3 is 2.43 bits per heavy atom. The second kappa shape index (κ2) is 7.66. The summed E-state index contributed by atoms with van der Waals surface area (Å²) in [5.74, 6) is 1.09. The van der Waals surface area contributed by atoms with Crippen molar-refractivity contribution in [2.24, 2.45) is 0 Å². The minimum Gasteiger partial charge on any atom is -0.496 e. The number of carbonyl (C=O) groups excluding carboxylic acids is 1. The molecule has 0 radical (unpaired) electrons. The molecule has 5 heteroatoms. The number of ether oxygens (including phenoxy) is 2. The van der Waals surface area contributed by atoms with Gasteiger partial charge in [0.15, 0.2) is 5.78 Å². The number of nitrogens with zero attached hydrogens (tertiary/aromatic N) is 1. The highest BCUT2D eigenvalue weighted by molar-refractivity contribution is 6.32. The van der Waals surface area contributed by atoms with Gasteiger partial charge in [-0.05, 0) is 32.0 Å². The van der Waals surface area contributed by atoms with Gasteiger partial charge in [0.2, 0.25) is 0 Å². The molecule has 1 heterocycles. The molecule has 21 heavy (non-hydrogen) atoms. The van der Waals surface area contributed by atoms with Crippen LogP contribution in [0.1, 0.15) is 36.0 Å². The lowest BCUT2D eigenvalue weighted by Gasteiger charge is -2.26. The molecule has 1 aliphatic rings. The topological polar surface area (TPSA) is 38.8 Å². The Morgan fingerprint density at radius 1 is 1.14 bits per heavy atom. The van der Waals surface area contributed by atoms with E-state index in [-0.39, 0.29) is 5.78 Å². The van der Waals surface area contributed by atoms with E-state index >= 15 is 0 Å². The van der Waals surface area contributed by atoms with Gasteiger partial charge in [0.25, 0.3) is 0 Å². The van der Waals surface area contributed by atoms with E-state index in [0.717, 1.165) is 19.6 Å².